The molecule has 0 aliphatic rings. The standard InChI is InChI=1S/C15H14O8S/c1-22-10-5-3-4-8(13(10)17)12(16)9-6-7-11(24(19,20)21)15(23-2)14(9)18/h3-7,17-18H,1-2H3,(H,19,20,21). The number of hydrogen-bond acceptors (Lipinski definition) is 7. The second-order valence-corrected chi connectivity index (χ2v) is 6.04. The van der Waals surface area contributed by atoms with Gasteiger partial charge in [-0.1, -0.05) is 6.07 Å². The Hall–Kier alpha value is -2.78. The number of aromatic hydroxyl groups is 2. The minimum Gasteiger partial charge on any atom is -0.504 e. The first-order valence-corrected chi connectivity index (χ1v) is 7.94. The lowest BCUT2D eigenvalue weighted by atomic mass is 10.0. The quantitative estimate of drug-likeness (QED) is 0.545. The number of ether oxygens (including phenoxy) is 2. The predicted molar refractivity (Wildman–Crippen MR) is 82.6 cm³/mol. The minimum absolute atomic E-state index is 0.0573. The molecule has 0 amide bonds. The van der Waals surface area contributed by atoms with Crippen molar-refractivity contribution >= 4 is 15.9 Å². The summed E-state index contributed by atoms with van der Waals surface area (Å²) in [5.74, 6) is -2.52. The molecule has 2 rings (SSSR count). The first-order chi connectivity index (χ1) is 11.2. The van der Waals surface area contributed by atoms with E-state index in [0.29, 0.717) is 0 Å². The van der Waals surface area contributed by atoms with Gasteiger partial charge < -0.3 is 19.7 Å². The second-order valence-electron chi connectivity index (χ2n) is 4.65. The molecule has 0 fully saturated rings. The third kappa shape index (κ3) is 2.99. The van der Waals surface area contributed by atoms with Crippen molar-refractivity contribution in [2.24, 2.45) is 0 Å². The number of ketones is 1. The molecule has 0 spiro atoms. The molecule has 0 atom stereocenters. The summed E-state index contributed by atoms with van der Waals surface area (Å²) < 4.78 is 41.4. The summed E-state index contributed by atoms with van der Waals surface area (Å²) in [6.07, 6.45) is 0. The van der Waals surface area contributed by atoms with Crippen LogP contribution in [-0.4, -0.2) is 43.2 Å². The Morgan fingerprint density at radius 3 is 2.12 bits per heavy atom. The van der Waals surface area contributed by atoms with Crippen molar-refractivity contribution in [1.29, 1.82) is 0 Å². The van der Waals surface area contributed by atoms with Gasteiger partial charge in [0, 0.05) is 0 Å². The van der Waals surface area contributed by atoms with Gasteiger partial charge in [-0.2, -0.15) is 8.42 Å². The fraction of sp³-hybridized carbons (Fsp3) is 0.133. The summed E-state index contributed by atoms with van der Waals surface area (Å²) in [6, 6.07) is 6.13. The van der Waals surface area contributed by atoms with Crippen LogP contribution in [-0.2, 0) is 10.1 Å². The molecule has 0 bridgehead atoms. The molecule has 3 N–H and O–H groups in total. The van der Waals surface area contributed by atoms with E-state index in [1.807, 2.05) is 0 Å². The topological polar surface area (TPSA) is 130 Å². The molecule has 9 heteroatoms. The van der Waals surface area contributed by atoms with E-state index in [4.69, 9.17) is 14.0 Å². The van der Waals surface area contributed by atoms with Crippen LogP contribution < -0.4 is 9.47 Å². The van der Waals surface area contributed by atoms with Crippen LogP contribution in [0.2, 0.25) is 0 Å². The molecule has 0 saturated carbocycles. The maximum atomic E-state index is 12.5. The highest BCUT2D eigenvalue weighted by atomic mass is 32.2. The number of hydrogen-bond donors (Lipinski definition) is 3. The maximum absolute atomic E-state index is 12.5. The Balaban J connectivity index is 2.64. The van der Waals surface area contributed by atoms with Crippen molar-refractivity contribution in [1.82, 2.24) is 0 Å². The highest BCUT2D eigenvalue weighted by Crippen LogP contribution is 2.39. The smallest absolute Gasteiger partial charge is 0.298 e. The third-order valence-corrected chi connectivity index (χ3v) is 4.16. The molecule has 0 aromatic heterocycles. The monoisotopic (exact) mass is 354 g/mol. The van der Waals surface area contributed by atoms with E-state index in [0.717, 1.165) is 19.2 Å². The van der Waals surface area contributed by atoms with Crippen molar-refractivity contribution in [2.45, 2.75) is 4.90 Å². The van der Waals surface area contributed by atoms with E-state index in [1.54, 1.807) is 0 Å². The Morgan fingerprint density at radius 2 is 1.58 bits per heavy atom. The maximum Gasteiger partial charge on any atom is 0.298 e. The average molecular weight is 354 g/mol. The summed E-state index contributed by atoms with van der Waals surface area (Å²) in [6.45, 7) is 0. The molecule has 0 aliphatic carbocycles. The molecular formula is C15H14O8S. The Kier molecular flexibility index (Phi) is 4.67. The van der Waals surface area contributed by atoms with Crippen molar-refractivity contribution in [3.8, 4) is 23.0 Å². The lowest BCUT2D eigenvalue weighted by Gasteiger charge is -2.13. The van der Waals surface area contributed by atoms with Crippen LogP contribution in [0.5, 0.6) is 23.0 Å². The molecule has 24 heavy (non-hydrogen) atoms. The molecule has 0 saturated heterocycles. The van der Waals surface area contributed by atoms with Gasteiger partial charge in [0.1, 0.15) is 4.90 Å². The van der Waals surface area contributed by atoms with E-state index in [9.17, 15) is 23.4 Å². The number of carbonyl (C=O) groups excluding carboxylic acids is 1. The molecule has 0 aliphatic heterocycles. The highest BCUT2D eigenvalue weighted by molar-refractivity contribution is 7.86. The molecule has 0 radical (unpaired) electrons. The van der Waals surface area contributed by atoms with Crippen LogP contribution in [0.1, 0.15) is 15.9 Å². The van der Waals surface area contributed by atoms with Crippen LogP contribution in [0.15, 0.2) is 35.2 Å². The molecule has 0 unspecified atom stereocenters. The highest BCUT2D eigenvalue weighted by Gasteiger charge is 2.26. The molecule has 8 nitrogen and oxygen atoms in total. The largest absolute Gasteiger partial charge is 0.504 e. The van der Waals surface area contributed by atoms with Crippen LogP contribution in [0.4, 0.5) is 0 Å². The summed E-state index contributed by atoms with van der Waals surface area (Å²) in [5, 5.41) is 20.2. The molecule has 2 aromatic carbocycles. The fourth-order valence-corrected chi connectivity index (χ4v) is 2.81. The summed E-state index contributed by atoms with van der Waals surface area (Å²) >= 11 is 0. The number of phenols is 2. The number of carbonyl (C=O) groups is 1. The van der Waals surface area contributed by atoms with Gasteiger partial charge in [-0.05, 0) is 24.3 Å². The first-order valence-electron chi connectivity index (χ1n) is 6.50. The van der Waals surface area contributed by atoms with Crippen LogP contribution in [0.3, 0.4) is 0 Å². The van der Waals surface area contributed by atoms with Gasteiger partial charge >= 0.3 is 0 Å². The van der Waals surface area contributed by atoms with Crippen LogP contribution in [0, 0.1) is 0 Å². The lowest BCUT2D eigenvalue weighted by molar-refractivity contribution is 0.103. The van der Waals surface area contributed by atoms with Gasteiger partial charge in [0.2, 0.25) is 5.78 Å². The van der Waals surface area contributed by atoms with Gasteiger partial charge in [-0.15, -0.1) is 0 Å². The Labute approximate surface area is 137 Å². The molecule has 2 aromatic rings. The van der Waals surface area contributed by atoms with Crippen molar-refractivity contribution in [3.63, 3.8) is 0 Å². The number of para-hydroxylation sites is 1. The summed E-state index contributed by atoms with van der Waals surface area (Å²) in [7, 11) is -2.28. The van der Waals surface area contributed by atoms with Crippen molar-refractivity contribution in [2.75, 3.05) is 14.2 Å². The van der Waals surface area contributed by atoms with Gasteiger partial charge in [0.25, 0.3) is 10.1 Å². The van der Waals surface area contributed by atoms with E-state index in [2.05, 4.69) is 0 Å². The zero-order valence-electron chi connectivity index (χ0n) is 12.7. The Morgan fingerprint density at radius 1 is 0.958 bits per heavy atom. The zero-order chi connectivity index (χ0) is 18.1. The second kappa shape index (κ2) is 6.38. The lowest BCUT2D eigenvalue weighted by Crippen LogP contribution is -2.07. The third-order valence-electron chi connectivity index (χ3n) is 3.29. The fourth-order valence-electron chi connectivity index (χ4n) is 2.15. The van der Waals surface area contributed by atoms with Gasteiger partial charge in [-0.25, -0.2) is 0 Å². The minimum atomic E-state index is -4.66. The normalized spacial score (nSPS) is 11.1. The number of methoxy groups -OCH3 is 2. The molecule has 0 heterocycles. The summed E-state index contributed by atoms with van der Waals surface area (Å²) in [5.41, 5.74) is -0.478. The van der Waals surface area contributed by atoms with Crippen LogP contribution in [0.25, 0.3) is 0 Å². The van der Waals surface area contributed by atoms with Gasteiger partial charge in [-0.3, -0.25) is 9.35 Å². The first kappa shape index (κ1) is 17.6. The number of phenolic OH excluding ortho intramolecular Hbond substituents is 2. The summed E-state index contributed by atoms with van der Waals surface area (Å²) in [4.78, 5) is 11.9. The molecular weight excluding hydrogens is 340 g/mol. The van der Waals surface area contributed by atoms with E-state index < -0.39 is 38.0 Å². The number of rotatable bonds is 5. The van der Waals surface area contributed by atoms with Gasteiger partial charge in [0.05, 0.1) is 25.3 Å². The van der Waals surface area contributed by atoms with Crippen molar-refractivity contribution < 1.29 is 37.5 Å². The van der Waals surface area contributed by atoms with Crippen molar-refractivity contribution in [3.05, 3.63) is 41.5 Å². The zero-order valence-corrected chi connectivity index (χ0v) is 13.5. The predicted octanol–water partition coefficient (Wildman–Crippen LogP) is 1.59. The number of benzene rings is 2. The van der Waals surface area contributed by atoms with Gasteiger partial charge in [0.15, 0.2) is 23.0 Å². The van der Waals surface area contributed by atoms with Crippen LogP contribution >= 0.6 is 0 Å². The average Bonchev–Trinajstić information content (AvgIpc) is 2.53. The van der Waals surface area contributed by atoms with E-state index >= 15 is 0 Å². The molecule has 128 valence electrons. The SMILES string of the molecule is COc1cccc(C(=O)c2ccc(S(=O)(=O)O)c(OC)c2O)c1O. The Bertz CT molecular complexity index is 902. The van der Waals surface area contributed by atoms with E-state index in [1.165, 1.54) is 25.3 Å². The van der Waals surface area contributed by atoms with E-state index in [-0.39, 0.29) is 16.9 Å².